The Morgan fingerprint density at radius 1 is 1.57 bits per heavy atom. The molecule has 1 heterocycles. The summed E-state index contributed by atoms with van der Waals surface area (Å²) in [6.07, 6.45) is 0.384. The average molecular weight is 220 g/mol. The van der Waals surface area contributed by atoms with Crippen molar-refractivity contribution in [3.63, 3.8) is 0 Å². The van der Waals surface area contributed by atoms with Gasteiger partial charge in [0.25, 0.3) is 0 Å². The van der Waals surface area contributed by atoms with Crippen molar-refractivity contribution in [2.45, 2.75) is 24.4 Å². The lowest BCUT2D eigenvalue weighted by atomic mass is 10.2. The summed E-state index contributed by atoms with van der Waals surface area (Å²) >= 11 is 0. The molecule has 0 aromatic carbocycles. The Kier molecular flexibility index (Phi) is 4.53. The fraction of sp³-hybridized carbons (Fsp3) is 1.00. The Morgan fingerprint density at radius 2 is 2.21 bits per heavy atom. The molecule has 84 valence electrons. The molecule has 3 atom stereocenters. The molecule has 1 aliphatic heterocycles. The third-order valence-electron chi connectivity index (χ3n) is 2.77. The molecule has 1 saturated heterocycles. The first-order chi connectivity index (χ1) is 6.62. The Hall–Kier alpha value is 0.0569. The van der Waals surface area contributed by atoms with Crippen LogP contribution < -0.4 is 0 Å². The molecular formula is C9H20O4Si. The molecule has 0 aliphatic carbocycles. The number of hydrogen-bond acceptors (Lipinski definition) is 4. The SMILES string of the molecule is COC(C)C([SiH3])(COCC1CO1)OC. The largest absolute Gasteiger partial charge is 0.379 e. The minimum atomic E-state index is -0.246. The zero-order chi connectivity index (χ0) is 10.6. The zero-order valence-electron chi connectivity index (χ0n) is 9.41. The summed E-state index contributed by atoms with van der Waals surface area (Å²) in [7, 11) is 4.28. The van der Waals surface area contributed by atoms with Gasteiger partial charge >= 0.3 is 0 Å². The summed E-state index contributed by atoms with van der Waals surface area (Å²) in [5.41, 5.74) is 0. The van der Waals surface area contributed by atoms with Crippen molar-refractivity contribution in [1.82, 2.24) is 0 Å². The normalized spacial score (nSPS) is 27.2. The third kappa shape index (κ3) is 3.32. The van der Waals surface area contributed by atoms with E-state index in [1.165, 1.54) is 0 Å². The molecule has 5 heteroatoms. The lowest BCUT2D eigenvalue weighted by molar-refractivity contribution is -0.0974. The molecule has 0 aromatic heterocycles. The van der Waals surface area contributed by atoms with Crippen LogP contribution in [0.3, 0.4) is 0 Å². The molecule has 0 saturated carbocycles. The third-order valence-corrected chi connectivity index (χ3v) is 4.28. The lowest BCUT2D eigenvalue weighted by Gasteiger charge is -2.33. The fourth-order valence-electron chi connectivity index (χ4n) is 1.15. The molecule has 3 unspecified atom stereocenters. The Balaban J connectivity index is 2.26. The van der Waals surface area contributed by atoms with Crippen molar-refractivity contribution in [3.8, 4) is 0 Å². The van der Waals surface area contributed by atoms with Crippen molar-refractivity contribution in [2.75, 3.05) is 34.0 Å². The zero-order valence-corrected chi connectivity index (χ0v) is 11.4. The summed E-state index contributed by atoms with van der Waals surface area (Å²) in [6, 6.07) is 0. The van der Waals surface area contributed by atoms with Gasteiger partial charge in [-0.25, -0.2) is 0 Å². The van der Waals surface area contributed by atoms with Crippen molar-refractivity contribution in [1.29, 1.82) is 0 Å². The van der Waals surface area contributed by atoms with E-state index in [9.17, 15) is 0 Å². The summed E-state index contributed by atoms with van der Waals surface area (Å²) in [6.45, 7) is 4.10. The molecular weight excluding hydrogens is 200 g/mol. The Bertz CT molecular complexity index is 174. The maximum Gasteiger partial charge on any atom is 0.104 e. The van der Waals surface area contributed by atoms with E-state index in [0.717, 1.165) is 16.8 Å². The monoisotopic (exact) mass is 220 g/mol. The van der Waals surface area contributed by atoms with Gasteiger partial charge in [0, 0.05) is 24.5 Å². The molecule has 14 heavy (non-hydrogen) atoms. The van der Waals surface area contributed by atoms with Gasteiger partial charge in [0.2, 0.25) is 0 Å². The average Bonchev–Trinajstić information content (AvgIpc) is 3.00. The molecule has 0 bridgehead atoms. The molecule has 0 radical (unpaired) electrons. The molecule has 1 rings (SSSR count). The summed E-state index contributed by atoms with van der Waals surface area (Å²) in [4.78, 5) is 0. The van der Waals surface area contributed by atoms with Gasteiger partial charge in [-0.15, -0.1) is 0 Å². The van der Waals surface area contributed by atoms with Crippen molar-refractivity contribution >= 4 is 10.2 Å². The number of hydrogen-bond donors (Lipinski definition) is 0. The van der Waals surface area contributed by atoms with E-state index in [4.69, 9.17) is 18.9 Å². The van der Waals surface area contributed by atoms with E-state index in [1.807, 2.05) is 6.92 Å². The first-order valence-corrected chi connectivity index (χ1v) is 5.89. The molecule has 0 aromatic rings. The van der Waals surface area contributed by atoms with E-state index in [1.54, 1.807) is 14.2 Å². The van der Waals surface area contributed by atoms with E-state index < -0.39 is 0 Å². The molecule has 0 spiro atoms. The van der Waals surface area contributed by atoms with Crippen LogP contribution in [0.25, 0.3) is 0 Å². The first-order valence-electron chi connectivity index (χ1n) is 4.89. The van der Waals surface area contributed by atoms with Gasteiger partial charge in [-0.2, -0.15) is 0 Å². The smallest absolute Gasteiger partial charge is 0.104 e. The Morgan fingerprint density at radius 3 is 2.64 bits per heavy atom. The number of ether oxygens (including phenoxy) is 4. The summed E-state index contributed by atoms with van der Waals surface area (Å²) < 4.78 is 21.3. The highest BCUT2D eigenvalue weighted by Gasteiger charge is 2.32. The standard InChI is InChI=1S/C9H20O4Si/c1-7(10-2)9(14,11-3)6-12-4-8-5-13-8/h7-8H,4-6H2,1-3,14H3. The topological polar surface area (TPSA) is 40.2 Å². The highest BCUT2D eigenvalue weighted by atomic mass is 28.1. The van der Waals surface area contributed by atoms with E-state index >= 15 is 0 Å². The second-order valence-corrected chi connectivity index (χ2v) is 5.56. The second kappa shape index (κ2) is 5.23. The number of methoxy groups -OCH3 is 2. The quantitative estimate of drug-likeness (QED) is 0.414. The maximum atomic E-state index is 5.54. The maximum absolute atomic E-state index is 5.54. The van der Waals surface area contributed by atoms with Gasteiger partial charge in [-0.3, -0.25) is 0 Å². The van der Waals surface area contributed by atoms with Crippen LogP contribution in [-0.2, 0) is 18.9 Å². The van der Waals surface area contributed by atoms with Crippen LogP contribution in [0.15, 0.2) is 0 Å². The van der Waals surface area contributed by atoms with Gasteiger partial charge in [-0.05, 0) is 6.92 Å². The summed E-state index contributed by atoms with van der Waals surface area (Å²) in [5, 5.41) is -0.246. The molecule has 1 aliphatic rings. The number of rotatable bonds is 7. The van der Waals surface area contributed by atoms with Crippen molar-refractivity contribution in [3.05, 3.63) is 0 Å². The molecule has 0 N–H and O–H groups in total. The van der Waals surface area contributed by atoms with Gasteiger partial charge in [0.05, 0.1) is 31.1 Å². The second-order valence-electron chi connectivity index (χ2n) is 3.87. The lowest BCUT2D eigenvalue weighted by Crippen LogP contribution is -2.48. The first kappa shape index (κ1) is 12.1. The van der Waals surface area contributed by atoms with Gasteiger partial charge < -0.3 is 18.9 Å². The van der Waals surface area contributed by atoms with Crippen LogP contribution >= 0.6 is 0 Å². The predicted octanol–water partition coefficient (Wildman–Crippen LogP) is -0.855. The molecule has 1 fully saturated rings. The van der Waals surface area contributed by atoms with Crippen LogP contribution in [0.2, 0.25) is 0 Å². The highest BCUT2D eigenvalue weighted by Crippen LogP contribution is 2.16. The number of epoxide rings is 1. The van der Waals surface area contributed by atoms with Crippen molar-refractivity contribution in [2.24, 2.45) is 0 Å². The van der Waals surface area contributed by atoms with Crippen LogP contribution in [-0.4, -0.2) is 61.7 Å². The Labute approximate surface area is 88.3 Å². The minimum absolute atomic E-state index is 0.0688. The van der Waals surface area contributed by atoms with Crippen LogP contribution in [0, 0.1) is 0 Å². The van der Waals surface area contributed by atoms with E-state index in [0.29, 0.717) is 19.3 Å². The predicted molar refractivity (Wildman–Crippen MR) is 56.7 cm³/mol. The van der Waals surface area contributed by atoms with Gasteiger partial charge in [0.15, 0.2) is 0 Å². The highest BCUT2D eigenvalue weighted by molar-refractivity contribution is 6.15. The molecule has 0 amide bonds. The molecule has 4 nitrogen and oxygen atoms in total. The van der Waals surface area contributed by atoms with Crippen LogP contribution in [0.4, 0.5) is 0 Å². The summed E-state index contributed by atoms with van der Waals surface area (Å²) in [5.74, 6) is 0. The van der Waals surface area contributed by atoms with Crippen LogP contribution in [0.5, 0.6) is 0 Å². The van der Waals surface area contributed by atoms with Gasteiger partial charge in [-0.1, -0.05) is 0 Å². The van der Waals surface area contributed by atoms with Crippen LogP contribution in [0.1, 0.15) is 6.92 Å². The van der Waals surface area contributed by atoms with Gasteiger partial charge in [0.1, 0.15) is 6.10 Å². The van der Waals surface area contributed by atoms with E-state index in [2.05, 4.69) is 0 Å². The van der Waals surface area contributed by atoms with Crippen molar-refractivity contribution < 1.29 is 18.9 Å². The fourth-order valence-corrected chi connectivity index (χ4v) is 1.59. The van der Waals surface area contributed by atoms with E-state index in [-0.39, 0.29) is 11.3 Å². The minimum Gasteiger partial charge on any atom is -0.379 e.